The first-order valence-corrected chi connectivity index (χ1v) is 13.3. The molecule has 0 unspecified atom stereocenters. The van der Waals surface area contributed by atoms with Gasteiger partial charge in [0.05, 0.1) is 22.4 Å². The average Bonchev–Trinajstić information content (AvgIpc) is 3.20. The molecule has 3 aromatic rings. The third-order valence-electron chi connectivity index (χ3n) is 5.21. The summed E-state index contributed by atoms with van der Waals surface area (Å²) in [5.41, 5.74) is 2.22. The van der Waals surface area contributed by atoms with Crippen LogP contribution >= 0.6 is 46.0 Å². The standard InChI is InChI=1S/C24H27ClIN5O2S/c1-5-31-22(21(14(2)3)28-23(33)17-8-6-7-9-18(17)25)29-30-24(31)34-13-20(32)27-19-11-10-16(26)12-15(19)4/h6-12,14,21H,5,13H2,1-4H3,(H,27,32)(H,28,33)/t21-/m0/s1. The molecule has 180 valence electrons. The molecular weight excluding hydrogens is 585 g/mol. The van der Waals surface area contributed by atoms with E-state index >= 15 is 0 Å². The van der Waals surface area contributed by atoms with E-state index < -0.39 is 0 Å². The second-order valence-corrected chi connectivity index (χ2v) is 10.7. The number of carbonyl (C=O) groups is 2. The molecule has 0 spiro atoms. The smallest absolute Gasteiger partial charge is 0.253 e. The number of nitrogens with one attached hydrogen (secondary N) is 2. The van der Waals surface area contributed by atoms with Crippen molar-refractivity contribution in [3.8, 4) is 0 Å². The summed E-state index contributed by atoms with van der Waals surface area (Å²) in [6.07, 6.45) is 0. The minimum absolute atomic E-state index is 0.0611. The zero-order valence-electron chi connectivity index (χ0n) is 19.4. The Morgan fingerprint density at radius 1 is 1.18 bits per heavy atom. The Balaban J connectivity index is 1.72. The van der Waals surface area contributed by atoms with Crippen LogP contribution in [0.3, 0.4) is 0 Å². The summed E-state index contributed by atoms with van der Waals surface area (Å²) in [5.74, 6) is 0.521. The maximum absolute atomic E-state index is 12.9. The van der Waals surface area contributed by atoms with Crippen LogP contribution in [0.1, 0.15) is 48.6 Å². The summed E-state index contributed by atoms with van der Waals surface area (Å²) >= 11 is 9.76. The normalized spacial score (nSPS) is 12.0. The Hall–Kier alpha value is -2.11. The highest BCUT2D eigenvalue weighted by molar-refractivity contribution is 14.1. The van der Waals surface area contributed by atoms with Crippen molar-refractivity contribution in [3.05, 3.63) is 68.0 Å². The molecule has 34 heavy (non-hydrogen) atoms. The molecule has 2 aromatic carbocycles. The fraction of sp³-hybridized carbons (Fsp3) is 0.333. The van der Waals surface area contributed by atoms with Crippen LogP contribution in [0.2, 0.25) is 5.02 Å². The highest BCUT2D eigenvalue weighted by Gasteiger charge is 2.26. The molecule has 0 saturated heterocycles. The van der Waals surface area contributed by atoms with Crippen LogP contribution in [0.5, 0.6) is 0 Å². The van der Waals surface area contributed by atoms with Gasteiger partial charge in [-0.1, -0.05) is 49.3 Å². The summed E-state index contributed by atoms with van der Waals surface area (Å²) in [6.45, 7) is 8.58. The molecule has 0 aliphatic carbocycles. The number of nitrogens with zero attached hydrogens (tertiary/aromatic N) is 3. The molecule has 10 heteroatoms. The lowest BCUT2D eigenvalue weighted by molar-refractivity contribution is -0.113. The van der Waals surface area contributed by atoms with Crippen LogP contribution in [0.15, 0.2) is 47.6 Å². The van der Waals surface area contributed by atoms with Gasteiger partial charge in [-0.25, -0.2) is 0 Å². The quantitative estimate of drug-likeness (QED) is 0.239. The second kappa shape index (κ2) is 12.0. The van der Waals surface area contributed by atoms with Crippen LogP contribution < -0.4 is 10.6 Å². The van der Waals surface area contributed by atoms with E-state index in [-0.39, 0.29) is 29.5 Å². The van der Waals surface area contributed by atoms with Gasteiger partial charge in [0, 0.05) is 15.8 Å². The summed E-state index contributed by atoms with van der Waals surface area (Å²) < 4.78 is 3.05. The number of hydrogen-bond acceptors (Lipinski definition) is 5. The number of carbonyl (C=O) groups excluding carboxylic acids is 2. The van der Waals surface area contributed by atoms with E-state index in [1.165, 1.54) is 11.8 Å². The first-order valence-electron chi connectivity index (χ1n) is 10.9. The topological polar surface area (TPSA) is 88.9 Å². The predicted octanol–water partition coefficient (Wildman–Crippen LogP) is 5.72. The molecule has 0 aliphatic heterocycles. The van der Waals surface area contributed by atoms with E-state index in [9.17, 15) is 9.59 Å². The number of hydrogen-bond donors (Lipinski definition) is 2. The molecule has 2 amide bonds. The van der Waals surface area contributed by atoms with Gasteiger partial charge < -0.3 is 15.2 Å². The highest BCUT2D eigenvalue weighted by Crippen LogP contribution is 2.27. The lowest BCUT2D eigenvalue weighted by atomic mass is 10.0. The number of halogens is 2. The van der Waals surface area contributed by atoms with E-state index in [1.807, 2.05) is 50.5 Å². The maximum atomic E-state index is 12.9. The molecule has 0 radical (unpaired) electrons. The Labute approximate surface area is 222 Å². The fourth-order valence-electron chi connectivity index (χ4n) is 3.41. The van der Waals surface area contributed by atoms with Gasteiger partial charge in [-0.05, 0) is 78.3 Å². The van der Waals surface area contributed by atoms with Crippen molar-refractivity contribution < 1.29 is 9.59 Å². The van der Waals surface area contributed by atoms with E-state index in [2.05, 4.69) is 43.4 Å². The van der Waals surface area contributed by atoms with Crippen molar-refractivity contribution in [1.82, 2.24) is 20.1 Å². The van der Waals surface area contributed by atoms with Crippen molar-refractivity contribution >= 4 is 63.5 Å². The van der Waals surface area contributed by atoms with Gasteiger partial charge in [-0.3, -0.25) is 9.59 Å². The number of thioether (sulfide) groups is 1. The van der Waals surface area contributed by atoms with Crippen LogP contribution in [0, 0.1) is 16.4 Å². The largest absolute Gasteiger partial charge is 0.342 e. The Morgan fingerprint density at radius 3 is 2.56 bits per heavy atom. The van der Waals surface area contributed by atoms with E-state index in [0.717, 1.165) is 14.8 Å². The van der Waals surface area contributed by atoms with Crippen LogP contribution in [0.4, 0.5) is 5.69 Å². The van der Waals surface area contributed by atoms with Gasteiger partial charge in [-0.2, -0.15) is 0 Å². The lowest BCUT2D eigenvalue weighted by Crippen LogP contribution is -2.34. The molecule has 2 N–H and O–H groups in total. The van der Waals surface area contributed by atoms with Gasteiger partial charge in [0.25, 0.3) is 5.91 Å². The number of aryl methyl sites for hydroxylation is 1. The summed E-state index contributed by atoms with van der Waals surface area (Å²) in [5, 5.41) is 15.7. The Kier molecular flexibility index (Phi) is 9.38. The second-order valence-electron chi connectivity index (χ2n) is 8.06. The Morgan fingerprint density at radius 2 is 1.91 bits per heavy atom. The average molecular weight is 612 g/mol. The molecule has 1 atom stereocenters. The molecule has 0 bridgehead atoms. The van der Waals surface area contributed by atoms with Crippen molar-refractivity contribution in [2.24, 2.45) is 5.92 Å². The predicted molar refractivity (Wildman–Crippen MR) is 145 cm³/mol. The number of anilines is 1. The summed E-state index contributed by atoms with van der Waals surface area (Å²) in [6, 6.07) is 12.5. The minimum atomic E-state index is -0.367. The van der Waals surface area contributed by atoms with Crippen LogP contribution in [-0.2, 0) is 11.3 Å². The number of amides is 2. The number of benzene rings is 2. The van der Waals surface area contributed by atoms with Gasteiger partial charge >= 0.3 is 0 Å². The van der Waals surface area contributed by atoms with Crippen molar-refractivity contribution in [2.75, 3.05) is 11.1 Å². The molecule has 7 nitrogen and oxygen atoms in total. The first-order chi connectivity index (χ1) is 16.2. The van der Waals surface area contributed by atoms with Crippen LogP contribution in [-0.4, -0.2) is 32.3 Å². The van der Waals surface area contributed by atoms with Gasteiger partial charge in [0.2, 0.25) is 5.91 Å². The molecule has 1 aromatic heterocycles. The number of aromatic nitrogens is 3. The molecule has 0 aliphatic rings. The van der Waals surface area contributed by atoms with E-state index in [1.54, 1.807) is 24.3 Å². The third kappa shape index (κ3) is 6.51. The third-order valence-corrected chi connectivity index (χ3v) is 7.17. The molecule has 0 saturated carbocycles. The van der Waals surface area contributed by atoms with E-state index in [0.29, 0.717) is 28.1 Å². The monoisotopic (exact) mass is 611 g/mol. The molecule has 0 fully saturated rings. The Bertz CT molecular complexity index is 1180. The summed E-state index contributed by atoms with van der Waals surface area (Å²) in [4.78, 5) is 25.4. The van der Waals surface area contributed by atoms with Gasteiger partial charge in [0.1, 0.15) is 0 Å². The van der Waals surface area contributed by atoms with E-state index in [4.69, 9.17) is 11.6 Å². The molecule has 1 heterocycles. The summed E-state index contributed by atoms with van der Waals surface area (Å²) in [7, 11) is 0. The SMILES string of the molecule is CCn1c(SCC(=O)Nc2ccc(I)cc2C)nnc1[C@@H](NC(=O)c1ccccc1Cl)C(C)C. The van der Waals surface area contributed by atoms with Gasteiger partial charge in [-0.15, -0.1) is 10.2 Å². The molecule has 3 rings (SSSR count). The first kappa shape index (κ1) is 26.5. The van der Waals surface area contributed by atoms with Crippen LogP contribution in [0.25, 0.3) is 0 Å². The molecular formula is C24H27ClIN5O2S. The van der Waals surface area contributed by atoms with Crippen molar-refractivity contribution in [2.45, 2.75) is 45.4 Å². The lowest BCUT2D eigenvalue weighted by Gasteiger charge is -2.22. The highest BCUT2D eigenvalue weighted by atomic mass is 127. The van der Waals surface area contributed by atoms with Crippen molar-refractivity contribution in [1.29, 1.82) is 0 Å². The number of rotatable bonds is 9. The van der Waals surface area contributed by atoms with Gasteiger partial charge in [0.15, 0.2) is 11.0 Å². The zero-order chi connectivity index (χ0) is 24.8. The zero-order valence-corrected chi connectivity index (χ0v) is 23.2. The maximum Gasteiger partial charge on any atom is 0.253 e. The fourth-order valence-corrected chi connectivity index (χ4v) is 5.09. The van der Waals surface area contributed by atoms with Crippen molar-refractivity contribution in [3.63, 3.8) is 0 Å². The minimum Gasteiger partial charge on any atom is -0.342 e.